The van der Waals surface area contributed by atoms with Crippen molar-refractivity contribution in [2.45, 2.75) is 83.6 Å². The van der Waals surface area contributed by atoms with Gasteiger partial charge in [0, 0.05) is 29.8 Å². The number of hydrogen-bond acceptors (Lipinski definition) is 8. The zero-order valence-corrected chi connectivity index (χ0v) is 25.8. The molecule has 1 aromatic carbocycles. The van der Waals surface area contributed by atoms with Crippen molar-refractivity contribution in [3.8, 4) is 0 Å². The van der Waals surface area contributed by atoms with Crippen molar-refractivity contribution in [3.05, 3.63) is 57.2 Å². The molecule has 11 heteroatoms. The largest absolute Gasteiger partial charge is 0.462 e. The number of esters is 1. The van der Waals surface area contributed by atoms with Gasteiger partial charge in [0.25, 0.3) is 0 Å². The lowest BCUT2D eigenvalue weighted by Crippen LogP contribution is -2.55. The average Bonchev–Trinajstić information content (AvgIpc) is 3.62. The van der Waals surface area contributed by atoms with Gasteiger partial charge in [-0.15, -0.1) is 0 Å². The molecule has 1 aromatic rings. The Kier molecular flexibility index (Phi) is 6.62. The van der Waals surface area contributed by atoms with E-state index in [1.807, 2.05) is 0 Å². The fraction of sp³-hybridized carbons (Fsp3) is 0.545. The number of hydrogen-bond donors (Lipinski definition) is 3. The summed E-state index contributed by atoms with van der Waals surface area (Å²) in [6.45, 7) is 10.5. The monoisotopic (exact) mass is 606 g/mol. The molecule has 6 aliphatic rings. The molecule has 3 N–H and O–H groups in total. The lowest BCUT2D eigenvalue weighted by molar-refractivity contribution is -0.172. The first-order chi connectivity index (χ1) is 20.8. The van der Waals surface area contributed by atoms with Crippen LogP contribution in [-0.2, 0) is 25.5 Å². The fourth-order valence-corrected chi connectivity index (χ4v) is 7.70. The number of aliphatic hydroxyl groups is 1. The molecule has 0 saturated carbocycles. The molecule has 5 aliphatic heterocycles. The summed E-state index contributed by atoms with van der Waals surface area (Å²) in [5.74, 6) is -2.38. The average molecular weight is 607 g/mol. The molecule has 2 fully saturated rings. The Morgan fingerprint density at radius 1 is 1.30 bits per heavy atom. The molecule has 0 spiro atoms. The summed E-state index contributed by atoms with van der Waals surface area (Å²) in [5.41, 5.74) is 2.56. The number of nitrogens with one attached hydrogen (secondary N) is 2. The predicted octanol–water partition coefficient (Wildman–Crippen LogP) is 3.22. The van der Waals surface area contributed by atoms with Crippen LogP contribution in [0, 0.1) is 18.7 Å². The minimum atomic E-state index is -1.97. The number of halogens is 1. The Hall–Kier alpha value is -3.54. The SMILES string of the molecule is CC[C@@]1(O)C(=O)OCC2C(=O)N3CC4=C5c6c(cc(F)c(C)c6CC[C@@H]5NC5CCNC5)N(C(=O)OC(C)(C)C)C4=C3C=C21. The predicted molar refractivity (Wildman–Crippen MR) is 160 cm³/mol. The Bertz CT molecular complexity index is 1600. The first-order valence-electron chi connectivity index (χ1n) is 15.6. The van der Waals surface area contributed by atoms with E-state index >= 15 is 4.39 Å². The van der Waals surface area contributed by atoms with E-state index in [1.54, 1.807) is 45.6 Å². The summed E-state index contributed by atoms with van der Waals surface area (Å²) in [5, 5.41) is 18.7. The first-order valence-corrected chi connectivity index (χ1v) is 15.6. The van der Waals surface area contributed by atoms with E-state index in [-0.39, 0.29) is 43.1 Å². The second kappa shape index (κ2) is 9.98. The molecule has 0 radical (unpaired) electrons. The molecular weight excluding hydrogens is 567 g/mol. The molecule has 1 aliphatic carbocycles. The van der Waals surface area contributed by atoms with Crippen LogP contribution in [0.25, 0.3) is 5.57 Å². The maximum atomic E-state index is 15.7. The van der Waals surface area contributed by atoms with Crippen molar-refractivity contribution >= 4 is 29.2 Å². The highest BCUT2D eigenvalue weighted by Crippen LogP contribution is 2.54. The van der Waals surface area contributed by atoms with E-state index in [0.717, 1.165) is 48.2 Å². The molecule has 44 heavy (non-hydrogen) atoms. The lowest BCUT2D eigenvalue weighted by atomic mass is 9.75. The standard InChI is InChI=1S/C33H39FN4O6/c1-6-33(42)21-11-25-28-19(14-37(25)29(39)20(21)15-43-30(33)40)26-23(36-17-9-10-35-13-17)8-7-18-16(2)22(34)12-24(27(18)26)38(28)31(41)44-32(3,4)5/h11-12,17,20,23,35-36,42H,6-10,13-15H2,1-5H3/t17?,20?,23-,33-/m0/s1. The topological polar surface area (TPSA) is 120 Å². The van der Waals surface area contributed by atoms with Crippen LogP contribution in [-0.4, -0.2) is 77.5 Å². The van der Waals surface area contributed by atoms with Crippen LogP contribution in [0.1, 0.15) is 63.6 Å². The highest BCUT2D eigenvalue weighted by Gasteiger charge is 2.55. The third-order valence-electron chi connectivity index (χ3n) is 9.87. The highest BCUT2D eigenvalue weighted by molar-refractivity contribution is 6.06. The van der Waals surface area contributed by atoms with Crippen molar-refractivity contribution in [1.82, 2.24) is 15.5 Å². The van der Waals surface area contributed by atoms with E-state index in [1.165, 1.54) is 11.0 Å². The van der Waals surface area contributed by atoms with E-state index in [0.29, 0.717) is 29.1 Å². The first kappa shape index (κ1) is 29.2. The second-order valence-corrected chi connectivity index (χ2v) is 13.6. The number of cyclic esters (lactones) is 1. The Morgan fingerprint density at radius 3 is 2.75 bits per heavy atom. The van der Waals surface area contributed by atoms with Crippen molar-refractivity contribution in [2.24, 2.45) is 5.92 Å². The van der Waals surface area contributed by atoms with Crippen molar-refractivity contribution in [1.29, 1.82) is 0 Å². The maximum absolute atomic E-state index is 15.7. The molecule has 2 saturated heterocycles. The van der Waals surface area contributed by atoms with Crippen LogP contribution < -0.4 is 15.5 Å². The van der Waals surface area contributed by atoms with E-state index in [2.05, 4.69) is 10.6 Å². The zero-order valence-electron chi connectivity index (χ0n) is 25.8. The van der Waals surface area contributed by atoms with Crippen LogP contribution in [0.2, 0.25) is 0 Å². The molecule has 7 rings (SSSR count). The maximum Gasteiger partial charge on any atom is 0.419 e. The van der Waals surface area contributed by atoms with Gasteiger partial charge < -0.3 is 30.1 Å². The molecule has 4 atom stereocenters. The smallest absolute Gasteiger partial charge is 0.419 e. The Morgan fingerprint density at radius 2 is 2.07 bits per heavy atom. The molecule has 5 heterocycles. The van der Waals surface area contributed by atoms with Crippen LogP contribution >= 0.6 is 0 Å². The van der Waals surface area contributed by atoms with Crippen molar-refractivity contribution in [3.63, 3.8) is 0 Å². The van der Waals surface area contributed by atoms with Gasteiger partial charge in [-0.1, -0.05) is 6.92 Å². The van der Waals surface area contributed by atoms with Gasteiger partial charge in [0.15, 0.2) is 5.60 Å². The van der Waals surface area contributed by atoms with E-state index in [9.17, 15) is 19.5 Å². The minimum Gasteiger partial charge on any atom is -0.462 e. The van der Waals surface area contributed by atoms with Gasteiger partial charge in [0.2, 0.25) is 5.91 Å². The summed E-state index contributed by atoms with van der Waals surface area (Å²) in [6.07, 6.45) is 3.33. The quantitative estimate of drug-likeness (QED) is 0.449. The molecule has 0 aromatic heterocycles. The van der Waals surface area contributed by atoms with Crippen molar-refractivity contribution in [2.75, 3.05) is 31.1 Å². The van der Waals surface area contributed by atoms with Gasteiger partial charge in [-0.3, -0.25) is 4.79 Å². The lowest BCUT2D eigenvalue weighted by Gasteiger charge is -2.42. The van der Waals surface area contributed by atoms with Gasteiger partial charge in [-0.25, -0.2) is 18.9 Å². The summed E-state index contributed by atoms with van der Waals surface area (Å²) >= 11 is 0. The normalized spacial score (nSPS) is 29.2. The molecule has 10 nitrogen and oxygen atoms in total. The molecule has 234 valence electrons. The Balaban J connectivity index is 1.51. The summed E-state index contributed by atoms with van der Waals surface area (Å²) in [6, 6.07) is 1.55. The number of anilines is 1. The third-order valence-corrected chi connectivity index (χ3v) is 9.87. The van der Waals surface area contributed by atoms with Gasteiger partial charge in [0.1, 0.15) is 18.0 Å². The molecular formula is C33H39FN4O6. The summed E-state index contributed by atoms with van der Waals surface area (Å²) in [4.78, 5) is 44.1. The summed E-state index contributed by atoms with van der Waals surface area (Å²) < 4.78 is 26.9. The minimum absolute atomic E-state index is 0.0197. The number of amides is 2. The van der Waals surface area contributed by atoms with Gasteiger partial charge in [0.05, 0.1) is 29.5 Å². The number of fused-ring (bicyclic) bond motifs is 3. The highest BCUT2D eigenvalue weighted by atomic mass is 19.1. The zero-order chi connectivity index (χ0) is 31.3. The van der Waals surface area contributed by atoms with Crippen LogP contribution in [0.15, 0.2) is 34.7 Å². The summed E-state index contributed by atoms with van der Waals surface area (Å²) in [7, 11) is 0. The third kappa shape index (κ3) is 4.19. The number of carbonyl (C=O) groups is 3. The number of rotatable bonds is 3. The number of carbonyl (C=O) groups excluding carboxylic acids is 3. The van der Waals surface area contributed by atoms with Crippen LogP contribution in [0.4, 0.5) is 14.9 Å². The molecule has 0 bridgehead atoms. The number of benzene rings is 1. The molecule has 2 amide bonds. The van der Waals surface area contributed by atoms with E-state index in [4.69, 9.17) is 9.47 Å². The second-order valence-electron chi connectivity index (χ2n) is 13.6. The Labute approximate surface area is 255 Å². The van der Waals surface area contributed by atoms with Crippen molar-refractivity contribution < 1.29 is 33.4 Å². The number of nitrogens with zero attached hydrogens (tertiary/aromatic N) is 2. The van der Waals surface area contributed by atoms with Gasteiger partial charge in [-0.2, -0.15) is 0 Å². The van der Waals surface area contributed by atoms with Gasteiger partial charge in [-0.05, 0) is 94.3 Å². The van der Waals surface area contributed by atoms with Gasteiger partial charge >= 0.3 is 12.1 Å². The van der Waals surface area contributed by atoms with Crippen LogP contribution in [0.3, 0.4) is 0 Å². The van der Waals surface area contributed by atoms with Crippen LogP contribution in [0.5, 0.6) is 0 Å². The fourth-order valence-electron chi connectivity index (χ4n) is 7.70. The van der Waals surface area contributed by atoms with E-state index < -0.39 is 35.0 Å². The molecule has 2 unspecified atom stereocenters. The number of allylic oxidation sites excluding steroid dienone is 1. The number of ether oxygens (including phenoxy) is 2.